The molecule has 0 saturated carbocycles. The lowest BCUT2D eigenvalue weighted by Crippen LogP contribution is -2.38. The van der Waals surface area contributed by atoms with Crippen molar-refractivity contribution in [3.63, 3.8) is 0 Å². The molecule has 138 valence electrons. The minimum absolute atomic E-state index is 0.0969. The number of fused-ring (bicyclic) bond motifs is 1. The standard InChI is InChI=1S/C23H25N2O2/c1-17(26)18-11-13-19(14-12-18)21-16-25(20-8-5-6-9-22(20)27-2)23-10-4-3-7-15-24(21)23/h5-6,8-9,11-14,16H,3-4,7,10,15H2,1-2H3/q+1. The number of carbonyl (C=O) groups excluding carboxylic acids is 1. The Labute approximate surface area is 160 Å². The number of para-hydroxylation sites is 2. The number of carbonyl (C=O) groups is 1. The third-order valence-corrected chi connectivity index (χ3v) is 5.35. The van der Waals surface area contributed by atoms with E-state index in [1.807, 2.05) is 30.3 Å². The Morgan fingerprint density at radius 1 is 1.04 bits per heavy atom. The summed E-state index contributed by atoms with van der Waals surface area (Å²) in [6, 6.07) is 16.1. The number of rotatable bonds is 4. The van der Waals surface area contributed by atoms with Gasteiger partial charge in [0.05, 0.1) is 13.7 Å². The molecule has 2 heterocycles. The number of ketones is 1. The average Bonchev–Trinajstić information content (AvgIpc) is 2.88. The summed E-state index contributed by atoms with van der Waals surface area (Å²) < 4.78 is 10.3. The molecular formula is C23H25N2O2+. The number of ether oxygens (including phenoxy) is 1. The molecule has 27 heavy (non-hydrogen) atoms. The summed E-state index contributed by atoms with van der Waals surface area (Å²) in [5, 5.41) is 0. The molecule has 2 aromatic carbocycles. The van der Waals surface area contributed by atoms with Gasteiger partial charge in [0, 0.05) is 17.5 Å². The van der Waals surface area contributed by atoms with Crippen LogP contribution in [0.2, 0.25) is 0 Å². The van der Waals surface area contributed by atoms with Crippen LogP contribution in [0.3, 0.4) is 0 Å². The van der Waals surface area contributed by atoms with Crippen LogP contribution in [0.5, 0.6) is 5.75 Å². The van der Waals surface area contributed by atoms with E-state index in [0.717, 1.165) is 35.5 Å². The minimum atomic E-state index is 0.0969. The maximum atomic E-state index is 11.6. The van der Waals surface area contributed by atoms with E-state index in [9.17, 15) is 4.79 Å². The molecule has 1 aromatic heterocycles. The number of hydrogen-bond acceptors (Lipinski definition) is 2. The molecule has 0 aliphatic carbocycles. The maximum Gasteiger partial charge on any atom is 0.262 e. The van der Waals surface area contributed by atoms with Crippen molar-refractivity contribution < 1.29 is 14.1 Å². The highest BCUT2D eigenvalue weighted by atomic mass is 16.5. The van der Waals surface area contributed by atoms with E-state index in [2.05, 4.69) is 33.5 Å². The predicted octanol–water partition coefficient (Wildman–Crippen LogP) is 4.37. The number of benzene rings is 2. The maximum absolute atomic E-state index is 11.6. The van der Waals surface area contributed by atoms with E-state index in [1.54, 1.807) is 14.0 Å². The van der Waals surface area contributed by atoms with Crippen LogP contribution in [-0.4, -0.2) is 17.5 Å². The van der Waals surface area contributed by atoms with Crippen molar-refractivity contribution >= 4 is 5.78 Å². The van der Waals surface area contributed by atoms with E-state index in [4.69, 9.17) is 4.74 Å². The highest BCUT2D eigenvalue weighted by Crippen LogP contribution is 2.28. The molecule has 4 nitrogen and oxygen atoms in total. The van der Waals surface area contributed by atoms with E-state index < -0.39 is 0 Å². The molecule has 0 N–H and O–H groups in total. The molecule has 4 heteroatoms. The summed E-state index contributed by atoms with van der Waals surface area (Å²) in [5.41, 5.74) is 4.14. The molecule has 0 bridgehead atoms. The highest BCUT2D eigenvalue weighted by molar-refractivity contribution is 5.94. The summed E-state index contributed by atoms with van der Waals surface area (Å²) in [7, 11) is 1.72. The fourth-order valence-corrected chi connectivity index (χ4v) is 3.91. The van der Waals surface area contributed by atoms with Crippen molar-refractivity contribution in [2.24, 2.45) is 0 Å². The Bertz CT molecular complexity index is 971. The molecule has 0 saturated heterocycles. The van der Waals surface area contributed by atoms with Crippen molar-refractivity contribution in [2.75, 3.05) is 7.11 Å². The number of aromatic nitrogens is 2. The fourth-order valence-electron chi connectivity index (χ4n) is 3.91. The van der Waals surface area contributed by atoms with Crippen LogP contribution >= 0.6 is 0 Å². The average molecular weight is 361 g/mol. The number of methoxy groups -OCH3 is 1. The quantitative estimate of drug-likeness (QED) is 0.511. The molecule has 0 unspecified atom stereocenters. The molecule has 0 fully saturated rings. The fraction of sp³-hybridized carbons (Fsp3) is 0.304. The topological polar surface area (TPSA) is 35.1 Å². The molecule has 0 amide bonds. The number of nitrogens with zero attached hydrogens (tertiary/aromatic N) is 2. The Kier molecular flexibility index (Phi) is 4.80. The third-order valence-electron chi connectivity index (χ3n) is 5.35. The second kappa shape index (κ2) is 7.39. The first-order chi connectivity index (χ1) is 13.2. The first-order valence-electron chi connectivity index (χ1n) is 9.58. The van der Waals surface area contributed by atoms with E-state index in [-0.39, 0.29) is 5.78 Å². The highest BCUT2D eigenvalue weighted by Gasteiger charge is 2.28. The minimum Gasteiger partial charge on any atom is -0.492 e. The summed E-state index contributed by atoms with van der Waals surface area (Å²) in [4.78, 5) is 11.6. The van der Waals surface area contributed by atoms with E-state index in [1.165, 1.54) is 30.8 Å². The zero-order chi connectivity index (χ0) is 18.8. The molecule has 3 aromatic rings. The zero-order valence-corrected chi connectivity index (χ0v) is 15.9. The van der Waals surface area contributed by atoms with Gasteiger partial charge < -0.3 is 4.74 Å². The van der Waals surface area contributed by atoms with Gasteiger partial charge in [-0.3, -0.25) is 4.79 Å². The molecule has 0 spiro atoms. The van der Waals surface area contributed by atoms with Crippen LogP contribution in [0, 0.1) is 0 Å². The Morgan fingerprint density at radius 3 is 2.56 bits per heavy atom. The van der Waals surface area contributed by atoms with E-state index >= 15 is 0 Å². The summed E-state index contributed by atoms with van der Waals surface area (Å²) in [5.74, 6) is 2.28. The Balaban J connectivity index is 1.88. The predicted molar refractivity (Wildman–Crippen MR) is 106 cm³/mol. The first kappa shape index (κ1) is 17.5. The summed E-state index contributed by atoms with van der Waals surface area (Å²) in [6.45, 7) is 2.62. The van der Waals surface area contributed by atoms with Crippen molar-refractivity contribution in [3.8, 4) is 22.7 Å². The van der Waals surface area contributed by atoms with Gasteiger partial charge in [-0.05, 0) is 50.5 Å². The van der Waals surface area contributed by atoms with Gasteiger partial charge in [0.15, 0.2) is 22.9 Å². The largest absolute Gasteiger partial charge is 0.492 e. The van der Waals surface area contributed by atoms with Crippen LogP contribution in [0.25, 0.3) is 16.9 Å². The lowest BCUT2D eigenvalue weighted by atomic mass is 10.1. The molecular weight excluding hydrogens is 336 g/mol. The molecule has 0 radical (unpaired) electrons. The van der Waals surface area contributed by atoms with Crippen LogP contribution in [0.1, 0.15) is 42.4 Å². The van der Waals surface area contributed by atoms with Gasteiger partial charge in [-0.25, -0.2) is 4.57 Å². The third kappa shape index (κ3) is 3.27. The summed E-state index contributed by atoms with van der Waals surface area (Å²) >= 11 is 0. The summed E-state index contributed by atoms with van der Waals surface area (Å²) in [6.07, 6.45) is 6.88. The Morgan fingerprint density at radius 2 is 1.81 bits per heavy atom. The lowest BCUT2D eigenvalue weighted by Gasteiger charge is -2.06. The van der Waals surface area contributed by atoms with Crippen molar-refractivity contribution in [1.82, 2.24) is 4.57 Å². The van der Waals surface area contributed by atoms with Crippen LogP contribution in [-0.2, 0) is 13.0 Å². The van der Waals surface area contributed by atoms with Gasteiger partial charge in [0.1, 0.15) is 6.20 Å². The van der Waals surface area contributed by atoms with Gasteiger partial charge in [0.2, 0.25) is 0 Å². The lowest BCUT2D eigenvalue weighted by molar-refractivity contribution is -0.692. The SMILES string of the molecule is COc1ccccc1-n1cc(-c2ccc(C(C)=O)cc2)[n+]2c1CCCCC2. The Hall–Kier alpha value is -2.88. The number of Topliss-reactive ketones (excluding diaryl/α,β-unsaturated/α-hetero) is 1. The van der Waals surface area contributed by atoms with Crippen LogP contribution < -0.4 is 9.30 Å². The molecule has 0 atom stereocenters. The van der Waals surface area contributed by atoms with Gasteiger partial charge in [-0.1, -0.05) is 24.3 Å². The van der Waals surface area contributed by atoms with Crippen molar-refractivity contribution in [2.45, 2.75) is 39.2 Å². The first-order valence-corrected chi connectivity index (χ1v) is 9.58. The molecule has 1 aliphatic rings. The monoisotopic (exact) mass is 361 g/mol. The normalized spacial score (nSPS) is 13.7. The van der Waals surface area contributed by atoms with Crippen molar-refractivity contribution in [3.05, 3.63) is 66.1 Å². The number of hydrogen-bond donors (Lipinski definition) is 0. The zero-order valence-electron chi connectivity index (χ0n) is 15.9. The van der Waals surface area contributed by atoms with Gasteiger partial charge in [-0.2, -0.15) is 4.57 Å². The molecule has 4 rings (SSSR count). The second-order valence-electron chi connectivity index (χ2n) is 7.07. The van der Waals surface area contributed by atoms with Crippen LogP contribution in [0.4, 0.5) is 0 Å². The van der Waals surface area contributed by atoms with E-state index in [0.29, 0.717) is 0 Å². The second-order valence-corrected chi connectivity index (χ2v) is 7.07. The van der Waals surface area contributed by atoms with Gasteiger partial charge in [0.25, 0.3) is 5.82 Å². The molecule has 1 aliphatic heterocycles. The van der Waals surface area contributed by atoms with Crippen molar-refractivity contribution in [1.29, 1.82) is 0 Å². The number of imidazole rings is 1. The smallest absolute Gasteiger partial charge is 0.262 e. The van der Waals surface area contributed by atoms with Gasteiger partial charge >= 0.3 is 0 Å². The van der Waals surface area contributed by atoms with Gasteiger partial charge in [-0.15, -0.1) is 0 Å². The van der Waals surface area contributed by atoms with Crippen LogP contribution in [0.15, 0.2) is 54.7 Å².